The van der Waals surface area contributed by atoms with Crippen molar-refractivity contribution in [2.45, 2.75) is 32.2 Å². The van der Waals surface area contributed by atoms with E-state index in [1.165, 1.54) is 32.4 Å². The van der Waals surface area contributed by atoms with Crippen LogP contribution in [-0.2, 0) is 0 Å². The highest BCUT2D eigenvalue weighted by atomic mass is 127. The number of benzene rings is 1. The summed E-state index contributed by atoms with van der Waals surface area (Å²) in [6.07, 6.45) is 3.93. The van der Waals surface area contributed by atoms with Crippen LogP contribution in [0.5, 0.6) is 0 Å². The van der Waals surface area contributed by atoms with Gasteiger partial charge in [-0.15, -0.1) is 0 Å². The second kappa shape index (κ2) is 7.24. The van der Waals surface area contributed by atoms with E-state index >= 15 is 0 Å². The summed E-state index contributed by atoms with van der Waals surface area (Å²) < 4.78 is 1.15. The molecule has 0 bridgehead atoms. The molecule has 0 spiro atoms. The predicted octanol–water partition coefficient (Wildman–Crippen LogP) is 2.90. The molecule has 1 aliphatic heterocycles. The monoisotopic (exact) mass is 372 g/mol. The zero-order valence-electron chi connectivity index (χ0n) is 11.4. The summed E-state index contributed by atoms with van der Waals surface area (Å²) in [6, 6.07) is 7.88. The van der Waals surface area contributed by atoms with E-state index in [4.69, 9.17) is 0 Å². The highest BCUT2D eigenvalue weighted by molar-refractivity contribution is 14.1. The largest absolute Gasteiger partial charge is 0.348 e. The minimum absolute atomic E-state index is 0.0286. The molecule has 19 heavy (non-hydrogen) atoms. The molecule has 4 heteroatoms. The number of hydrogen-bond acceptors (Lipinski definition) is 2. The summed E-state index contributed by atoms with van der Waals surface area (Å²) in [4.78, 5) is 14.5. The molecule has 0 saturated carbocycles. The maximum atomic E-state index is 12.1. The molecule has 1 aromatic carbocycles. The van der Waals surface area contributed by atoms with Crippen molar-refractivity contribution in [2.24, 2.45) is 0 Å². The van der Waals surface area contributed by atoms with Gasteiger partial charge >= 0.3 is 0 Å². The number of likely N-dealkylation sites (tertiary alicyclic amines) is 1. The number of nitrogens with zero attached hydrogens (tertiary/aromatic N) is 1. The minimum atomic E-state index is 0.0286. The third-order valence-corrected chi connectivity index (χ3v) is 4.18. The van der Waals surface area contributed by atoms with Gasteiger partial charge in [-0.1, -0.05) is 6.42 Å². The number of amides is 1. The van der Waals surface area contributed by atoms with Gasteiger partial charge in [0.2, 0.25) is 0 Å². The molecule has 1 heterocycles. The van der Waals surface area contributed by atoms with Gasteiger partial charge in [0.1, 0.15) is 0 Å². The second-order valence-electron chi connectivity index (χ2n) is 5.24. The van der Waals surface area contributed by atoms with Crippen LogP contribution in [-0.4, -0.2) is 36.5 Å². The Labute approximate surface area is 128 Å². The van der Waals surface area contributed by atoms with E-state index in [1.807, 2.05) is 24.3 Å². The van der Waals surface area contributed by atoms with Crippen molar-refractivity contribution in [1.29, 1.82) is 0 Å². The van der Waals surface area contributed by atoms with Gasteiger partial charge < -0.3 is 10.2 Å². The predicted molar refractivity (Wildman–Crippen MR) is 86.4 cm³/mol. The zero-order valence-corrected chi connectivity index (χ0v) is 13.5. The van der Waals surface area contributed by atoms with Gasteiger partial charge in [-0.05, 0) is 79.7 Å². The van der Waals surface area contributed by atoms with Crippen LogP contribution in [0.2, 0.25) is 0 Å². The number of rotatable bonds is 4. The third kappa shape index (κ3) is 4.76. The van der Waals surface area contributed by atoms with Gasteiger partial charge in [-0.25, -0.2) is 0 Å². The average molecular weight is 372 g/mol. The number of nitrogens with one attached hydrogen (secondary N) is 1. The number of halogens is 1. The van der Waals surface area contributed by atoms with Crippen molar-refractivity contribution in [2.75, 3.05) is 19.6 Å². The molecule has 1 aliphatic rings. The van der Waals surface area contributed by atoms with Gasteiger partial charge in [0, 0.05) is 21.7 Å². The molecule has 1 unspecified atom stereocenters. The number of carbonyl (C=O) groups excluding carboxylic acids is 1. The lowest BCUT2D eigenvalue weighted by Gasteiger charge is -2.29. The van der Waals surface area contributed by atoms with Gasteiger partial charge in [-0.3, -0.25) is 4.79 Å². The molecule has 1 atom stereocenters. The molecule has 1 aromatic rings. The van der Waals surface area contributed by atoms with Gasteiger partial charge in [0.05, 0.1) is 0 Å². The Morgan fingerprint density at radius 1 is 1.26 bits per heavy atom. The van der Waals surface area contributed by atoms with Crippen LogP contribution in [0.4, 0.5) is 0 Å². The zero-order chi connectivity index (χ0) is 13.7. The highest BCUT2D eigenvalue weighted by Crippen LogP contribution is 2.10. The molecule has 2 rings (SSSR count). The first kappa shape index (κ1) is 14.8. The lowest BCUT2D eigenvalue weighted by atomic mass is 10.1. The molecule has 104 valence electrons. The Balaban J connectivity index is 1.82. The Morgan fingerprint density at radius 3 is 2.53 bits per heavy atom. The molecule has 0 aromatic heterocycles. The fraction of sp³-hybridized carbons (Fsp3) is 0.533. The molecule has 0 radical (unpaired) electrons. The SMILES string of the molecule is CC(CN1CCCCC1)NC(=O)c1ccc(I)cc1. The van der Waals surface area contributed by atoms with Crippen molar-refractivity contribution < 1.29 is 4.79 Å². The maximum absolute atomic E-state index is 12.1. The number of piperidine rings is 1. The summed E-state index contributed by atoms with van der Waals surface area (Å²) in [5, 5.41) is 3.08. The van der Waals surface area contributed by atoms with Crippen molar-refractivity contribution >= 4 is 28.5 Å². The van der Waals surface area contributed by atoms with Crippen LogP contribution in [0.1, 0.15) is 36.5 Å². The Bertz CT molecular complexity index is 413. The van der Waals surface area contributed by atoms with Crippen LogP contribution in [0, 0.1) is 3.57 Å². The normalized spacial score (nSPS) is 18.0. The Hall–Kier alpha value is -0.620. The van der Waals surface area contributed by atoms with Crippen molar-refractivity contribution in [3.05, 3.63) is 33.4 Å². The fourth-order valence-corrected chi connectivity index (χ4v) is 2.84. The van der Waals surface area contributed by atoms with Crippen LogP contribution < -0.4 is 5.32 Å². The maximum Gasteiger partial charge on any atom is 0.251 e. The van der Waals surface area contributed by atoms with Gasteiger partial charge in [0.25, 0.3) is 5.91 Å². The second-order valence-corrected chi connectivity index (χ2v) is 6.49. The van der Waals surface area contributed by atoms with E-state index in [0.717, 1.165) is 15.7 Å². The molecule has 1 amide bonds. The molecular formula is C15H21IN2O. The van der Waals surface area contributed by atoms with E-state index in [9.17, 15) is 4.79 Å². The van der Waals surface area contributed by atoms with E-state index < -0.39 is 0 Å². The van der Waals surface area contributed by atoms with E-state index in [0.29, 0.717) is 0 Å². The van der Waals surface area contributed by atoms with Crippen molar-refractivity contribution in [1.82, 2.24) is 10.2 Å². The first-order chi connectivity index (χ1) is 9.15. The van der Waals surface area contributed by atoms with Crippen LogP contribution in [0.25, 0.3) is 0 Å². The van der Waals surface area contributed by atoms with Crippen LogP contribution in [0.15, 0.2) is 24.3 Å². The average Bonchev–Trinajstić information content (AvgIpc) is 2.40. The van der Waals surface area contributed by atoms with Crippen LogP contribution >= 0.6 is 22.6 Å². The summed E-state index contributed by atoms with van der Waals surface area (Å²) in [6.45, 7) is 5.38. The van der Waals surface area contributed by atoms with E-state index in [1.54, 1.807) is 0 Å². The molecule has 3 nitrogen and oxygen atoms in total. The lowest BCUT2D eigenvalue weighted by molar-refractivity contribution is 0.0925. The van der Waals surface area contributed by atoms with E-state index in [-0.39, 0.29) is 11.9 Å². The van der Waals surface area contributed by atoms with Crippen LogP contribution in [0.3, 0.4) is 0 Å². The van der Waals surface area contributed by atoms with Gasteiger partial charge in [-0.2, -0.15) is 0 Å². The first-order valence-corrected chi connectivity index (χ1v) is 8.02. The molecule has 1 fully saturated rings. The fourth-order valence-electron chi connectivity index (χ4n) is 2.48. The topological polar surface area (TPSA) is 32.3 Å². The lowest BCUT2D eigenvalue weighted by Crippen LogP contribution is -2.43. The minimum Gasteiger partial charge on any atom is -0.348 e. The standard InChI is InChI=1S/C15H21IN2O/c1-12(11-18-9-3-2-4-10-18)17-15(19)13-5-7-14(16)8-6-13/h5-8,12H,2-4,9-11H2,1H3,(H,17,19). The molecular weight excluding hydrogens is 351 g/mol. The third-order valence-electron chi connectivity index (χ3n) is 3.46. The summed E-state index contributed by atoms with van der Waals surface area (Å²) >= 11 is 2.24. The highest BCUT2D eigenvalue weighted by Gasteiger charge is 2.15. The Kier molecular flexibility index (Phi) is 5.63. The quantitative estimate of drug-likeness (QED) is 0.825. The van der Waals surface area contributed by atoms with Crippen molar-refractivity contribution in [3.8, 4) is 0 Å². The molecule has 0 aliphatic carbocycles. The number of hydrogen-bond donors (Lipinski definition) is 1. The van der Waals surface area contributed by atoms with Gasteiger partial charge in [0.15, 0.2) is 0 Å². The number of carbonyl (C=O) groups is 1. The van der Waals surface area contributed by atoms with Crippen molar-refractivity contribution in [3.63, 3.8) is 0 Å². The first-order valence-electron chi connectivity index (χ1n) is 6.94. The summed E-state index contributed by atoms with van der Waals surface area (Å²) in [5.41, 5.74) is 0.742. The summed E-state index contributed by atoms with van der Waals surface area (Å²) in [5.74, 6) is 0.0286. The van der Waals surface area contributed by atoms with E-state index in [2.05, 4.69) is 39.7 Å². The Morgan fingerprint density at radius 2 is 1.89 bits per heavy atom. The smallest absolute Gasteiger partial charge is 0.251 e. The molecule has 1 N–H and O–H groups in total. The molecule has 1 saturated heterocycles. The summed E-state index contributed by atoms with van der Waals surface area (Å²) in [7, 11) is 0.